The van der Waals surface area contributed by atoms with Crippen molar-refractivity contribution in [2.75, 3.05) is 13.6 Å². The van der Waals surface area contributed by atoms with Crippen LogP contribution in [0.1, 0.15) is 29.6 Å². The molecule has 1 N–H and O–H groups in total. The molecule has 0 bridgehead atoms. The van der Waals surface area contributed by atoms with Crippen molar-refractivity contribution in [2.24, 2.45) is 11.8 Å². The minimum absolute atomic E-state index is 0.0194. The van der Waals surface area contributed by atoms with E-state index >= 15 is 0 Å². The van der Waals surface area contributed by atoms with E-state index in [-0.39, 0.29) is 17.9 Å². The lowest BCUT2D eigenvalue weighted by molar-refractivity contribution is -0.124. The Morgan fingerprint density at radius 1 is 1.28 bits per heavy atom. The summed E-state index contributed by atoms with van der Waals surface area (Å²) in [6.07, 6.45) is 5.47. The predicted octanol–water partition coefficient (Wildman–Crippen LogP) is 1.25. The average Bonchev–Trinajstić information content (AvgIpc) is 3.29. The van der Waals surface area contributed by atoms with Crippen molar-refractivity contribution in [3.05, 3.63) is 42.5 Å². The minimum Gasteiger partial charge on any atom is -0.356 e. The third-order valence-corrected chi connectivity index (χ3v) is 5.49. The first-order valence-electron chi connectivity index (χ1n) is 8.61. The van der Waals surface area contributed by atoms with Crippen molar-refractivity contribution in [1.82, 2.24) is 25.0 Å². The number of benzene rings is 1. The molecule has 2 aliphatic rings. The van der Waals surface area contributed by atoms with E-state index in [1.807, 2.05) is 36.2 Å². The molecule has 2 amide bonds. The quantitative estimate of drug-likeness (QED) is 0.913. The maximum atomic E-state index is 13.1. The molecule has 1 saturated carbocycles. The Labute approximate surface area is 146 Å². The number of piperidine rings is 1. The van der Waals surface area contributed by atoms with Gasteiger partial charge in [0.1, 0.15) is 12.7 Å². The van der Waals surface area contributed by atoms with E-state index in [0.29, 0.717) is 23.8 Å². The molecule has 2 aromatic rings. The molecule has 3 atom stereocenters. The fraction of sp³-hybridized carbons (Fsp3) is 0.444. The largest absolute Gasteiger partial charge is 0.356 e. The molecule has 0 unspecified atom stereocenters. The summed E-state index contributed by atoms with van der Waals surface area (Å²) in [5.74, 6) is 0.976. The SMILES string of the molecule is CN(C(=O)c1ccccc1-n1cncn1)[C@H]1C[C@H]2CC(=O)NC[C@H]2C1. The van der Waals surface area contributed by atoms with E-state index in [0.717, 1.165) is 25.1 Å². The topological polar surface area (TPSA) is 80.1 Å². The van der Waals surface area contributed by atoms with Crippen molar-refractivity contribution < 1.29 is 9.59 Å². The van der Waals surface area contributed by atoms with Gasteiger partial charge in [-0.05, 0) is 36.8 Å². The first-order chi connectivity index (χ1) is 12.1. The van der Waals surface area contributed by atoms with Gasteiger partial charge < -0.3 is 10.2 Å². The molecule has 1 aromatic heterocycles. The zero-order valence-corrected chi connectivity index (χ0v) is 14.1. The highest BCUT2D eigenvalue weighted by molar-refractivity contribution is 5.97. The molecular formula is C18H21N5O2. The number of fused-ring (bicyclic) bond motifs is 1. The fourth-order valence-corrected chi connectivity index (χ4v) is 4.09. The second-order valence-electron chi connectivity index (χ2n) is 6.93. The normalized spacial score (nSPS) is 25.3. The second kappa shape index (κ2) is 6.31. The maximum absolute atomic E-state index is 13.1. The van der Waals surface area contributed by atoms with Gasteiger partial charge in [-0.2, -0.15) is 5.10 Å². The van der Waals surface area contributed by atoms with E-state index < -0.39 is 0 Å². The van der Waals surface area contributed by atoms with Gasteiger partial charge in [0, 0.05) is 26.1 Å². The number of para-hydroxylation sites is 1. The number of hydrogen-bond acceptors (Lipinski definition) is 4. The molecule has 1 aliphatic carbocycles. The van der Waals surface area contributed by atoms with Crippen LogP contribution in [0.4, 0.5) is 0 Å². The van der Waals surface area contributed by atoms with Crippen LogP contribution in [0.5, 0.6) is 0 Å². The lowest BCUT2D eigenvalue weighted by Gasteiger charge is -2.25. The highest BCUT2D eigenvalue weighted by Gasteiger charge is 2.40. The number of rotatable bonds is 3. The van der Waals surface area contributed by atoms with Crippen LogP contribution in [-0.2, 0) is 4.79 Å². The van der Waals surface area contributed by atoms with Crippen molar-refractivity contribution in [3.63, 3.8) is 0 Å². The number of aromatic nitrogens is 3. The third-order valence-electron chi connectivity index (χ3n) is 5.49. The van der Waals surface area contributed by atoms with Crippen molar-refractivity contribution in [3.8, 4) is 5.69 Å². The average molecular weight is 339 g/mol. The summed E-state index contributed by atoms with van der Waals surface area (Å²) in [4.78, 5) is 30.5. The molecule has 2 heterocycles. The standard InChI is InChI=1S/C18H21N5O2/c1-22(14-6-12-8-17(24)20-9-13(12)7-14)18(25)15-4-2-3-5-16(15)23-11-19-10-21-23/h2-5,10-14H,6-9H2,1H3,(H,20,24)/t12-,13+,14-/m0/s1. The Morgan fingerprint density at radius 3 is 2.88 bits per heavy atom. The van der Waals surface area contributed by atoms with Crippen molar-refractivity contribution >= 4 is 11.8 Å². The number of carbonyl (C=O) groups excluding carboxylic acids is 2. The van der Waals surface area contributed by atoms with Crippen LogP contribution < -0.4 is 5.32 Å². The molecule has 1 aromatic carbocycles. The predicted molar refractivity (Wildman–Crippen MR) is 91.1 cm³/mol. The minimum atomic E-state index is -0.0194. The molecule has 0 radical (unpaired) electrons. The summed E-state index contributed by atoms with van der Waals surface area (Å²) in [6.45, 7) is 0.734. The van der Waals surface area contributed by atoms with Crippen LogP contribution in [0.2, 0.25) is 0 Å². The molecule has 4 rings (SSSR count). The molecule has 7 nitrogen and oxygen atoms in total. The van der Waals surface area contributed by atoms with Gasteiger partial charge in [0.25, 0.3) is 5.91 Å². The zero-order chi connectivity index (χ0) is 17.4. The van der Waals surface area contributed by atoms with Crippen molar-refractivity contribution in [2.45, 2.75) is 25.3 Å². The molecule has 1 aliphatic heterocycles. The van der Waals surface area contributed by atoms with Crippen molar-refractivity contribution in [1.29, 1.82) is 0 Å². The third kappa shape index (κ3) is 2.90. The van der Waals surface area contributed by atoms with Gasteiger partial charge in [0.2, 0.25) is 5.91 Å². The van der Waals surface area contributed by atoms with Gasteiger partial charge >= 0.3 is 0 Å². The molecular weight excluding hydrogens is 318 g/mol. The van der Waals surface area contributed by atoms with Crippen LogP contribution in [0, 0.1) is 11.8 Å². The smallest absolute Gasteiger partial charge is 0.256 e. The molecule has 7 heteroatoms. The maximum Gasteiger partial charge on any atom is 0.256 e. The Bertz CT molecular complexity index is 789. The Kier molecular flexibility index (Phi) is 3.99. The van der Waals surface area contributed by atoms with Gasteiger partial charge in [-0.25, -0.2) is 9.67 Å². The summed E-state index contributed by atoms with van der Waals surface area (Å²) in [6, 6.07) is 7.60. The first-order valence-corrected chi connectivity index (χ1v) is 8.61. The number of carbonyl (C=O) groups is 2. The number of nitrogens with zero attached hydrogens (tertiary/aromatic N) is 4. The Balaban J connectivity index is 1.55. The lowest BCUT2D eigenvalue weighted by atomic mass is 9.89. The summed E-state index contributed by atoms with van der Waals surface area (Å²) in [5, 5.41) is 7.08. The number of hydrogen-bond donors (Lipinski definition) is 1. The van der Waals surface area contributed by atoms with Gasteiger partial charge in [-0.1, -0.05) is 12.1 Å². The summed E-state index contributed by atoms with van der Waals surface area (Å²) in [7, 11) is 1.86. The van der Waals surface area contributed by atoms with Crippen LogP contribution in [0.25, 0.3) is 5.69 Å². The van der Waals surface area contributed by atoms with Gasteiger partial charge in [-0.15, -0.1) is 0 Å². The number of nitrogens with one attached hydrogen (secondary N) is 1. The molecule has 25 heavy (non-hydrogen) atoms. The lowest BCUT2D eigenvalue weighted by Crippen LogP contribution is -2.38. The van der Waals surface area contributed by atoms with Gasteiger partial charge in [-0.3, -0.25) is 9.59 Å². The zero-order valence-electron chi connectivity index (χ0n) is 14.1. The monoisotopic (exact) mass is 339 g/mol. The van der Waals surface area contributed by atoms with Crippen LogP contribution in [0.3, 0.4) is 0 Å². The van der Waals surface area contributed by atoms with Crippen LogP contribution >= 0.6 is 0 Å². The second-order valence-corrected chi connectivity index (χ2v) is 6.93. The van der Waals surface area contributed by atoms with Gasteiger partial charge in [0.05, 0.1) is 11.3 Å². The van der Waals surface area contributed by atoms with E-state index in [1.54, 1.807) is 11.0 Å². The molecule has 1 saturated heterocycles. The van der Waals surface area contributed by atoms with E-state index in [1.165, 1.54) is 6.33 Å². The summed E-state index contributed by atoms with van der Waals surface area (Å²) < 4.78 is 1.61. The first kappa shape index (κ1) is 15.8. The highest BCUT2D eigenvalue weighted by atomic mass is 16.2. The van der Waals surface area contributed by atoms with E-state index in [2.05, 4.69) is 15.4 Å². The molecule has 2 fully saturated rings. The molecule has 130 valence electrons. The van der Waals surface area contributed by atoms with Crippen LogP contribution in [-0.4, -0.2) is 51.1 Å². The fourth-order valence-electron chi connectivity index (χ4n) is 4.09. The van der Waals surface area contributed by atoms with Crippen LogP contribution in [0.15, 0.2) is 36.9 Å². The van der Waals surface area contributed by atoms with Gasteiger partial charge in [0.15, 0.2) is 0 Å². The Morgan fingerprint density at radius 2 is 2.08 bits per heavy atom. The molecule has 0 spiro atoms. The number of amides is 2. The van der Waals surface area contributed by atoms with E-state index in [4.69, 9.17) is 0 Å². The van der Waals surface area contributed by atoms with E-state index in [9.17, 15) is 9.59 Å². The highest BCUT2D eigenvalue weighted by Crippen LogP contribution is 2.38. The summed E-state index contributed by atoms with van der Waals surface area (Å²) >= 11 is 0. The Hall–Kier alpha value is -2.70. The summed E-state index contributed by atoms with van der Waals surface area (Å²) in [5.41, 5.74) is 1.34.